The predicted octanol–water partition coefficient (Wildman–Crippen LogP) is 7.95. The van der Waals surface area contributed by atoms with Crippen LogP contribution in [0.25, 0.3) is 33.3 Å². The van der Waals surface area contributed by atoms with Gasteiger partial charge < -0.3 is 4.74 Å². The van der Waals surface area contributed by atoms with Crippen LogP contribution < -0.4 is 4.74 Å². The molecule has 2 nitrogen and oxygen atoms in total. The molecule has 0 fully saturated rings. The Kier molecular flexibility index (Phi) is 5.12. The maximum atomic E-state index is 15.0. The topological polar surface area (TPSA) is 22.1 Å². The van der Waals surface area contributed by atoms with Crippen molar-refractivity contribution >= 4 is 10.9 Å². The zero-order chi connectivity index (χ0) is 22.1. The van der Waals surface area contributed by atoms with E-state index in [0.29, 0.717) is 28.1 Å². The molecule has 4 aromatic carbocycles. The summed E-state index contributed by atoms with van der Waals surface area (Å²) in [6, 6.07) is 28.3. The number of nitrogens with zero attached hydrogens (tertiary/aromatic N) is 1. The van der Waals surface area contributed by atoms with Gasteiger partial charge in [-0.15, -0.1) is 0 Å². The summed E-state index contributed by atoms with van der Waals surface area (Å²) in [5.41, 5.74) is 4.15. The Hall–Kier alpha value is -4.05. The highest BCUT2D eigenvalue weighted by Crippen LogP contribution is 2.31. The highest BCUT2D eigenvalue weighted by molar-refractivity contribution is 5.85. The molecule has 156 valence electrons. The number of hydrogen-bond donors (Lipinski definition) is 0. The van der Waals surface area contributed by atoms with E-state index in [4.69, 9.17) is 4.74 Å². The van der Waals surface area contributed by atoms with Crippen molar-refractivity contribution in [2.45, 2.75) is 6.92 Å². The van der Waals surface area contributed by atoms with Gasteiger partial charge in [-0.2, -0.15) is 0 Å². The molecule has 0 saturated heterocycles. The molecule has 4 heteroatoms. The summed E-state index contributed by atoms with van der Waals surface area (Å²) in [5.74, 6) is 0.796. The first-order chi connectivity index (χ1) is 15.6. The van der Waals surface area contributed by atoms with Gasteiger partial charge in [0.2, 0.25) is 0 Å². The Bertz CT molecular complexity index is 1410. The Morgan fingerprint density at radius 1 is 0.688 bits per heavy atom. The number of rotatable bonds is 4. The number of para-hydroxylation sites is 1. The summed E-state index contributed by atoms with van der Waals surface area (Å²) < 4.78 is 34.4. The molecule has 0 aliphatic rings. The second-order valence-electron chi connectivity index (χ2n) is 7.62. The Morgan fingerprint density at radius 2 is 1.41 bits per heavy atom. The summed E-state index contributed by atoms with van der Waals surface area (Å²) in [7, 11) is 0. The number of fused-ring (bicyclic) bond motifs is 1. The third-order valence-electron chi connectivity index (χ3n) is 5.39. The molecule has 1 heterocycles. The van der Waals surface area contributed by atoms with Crippen molar-refractivity contribution in [1.29, 1.82) is 0 Å². The Morgan fingerprint density at radius 3 is 2.16 bits per heavy atom. The molecule has 5 aromatic rings. The molecule has 0 unspecified atom stereocenters. The van der Waals surface area contributed by atoms with Gasteiger partial charge in [0.05, 0.1) is 11.2 Å². The van der Waals surface area contributed by atoms with E-state index < -0.39 is 0 Å². The fourth-order valence-electron chi connectivity index (χ4n) is 3.75. The van der Waals surface area contributed by atoms with Crippen LogP contribution in [-0.4, -0.2) is 4.98 Å². The van der Waals surface area contributed by atoms with Crippen LogP contribution in [0.1, 0.15) is 5.56 Å². The van der Waals surface area contributed by atoms with E-state index >= 15 is 4.39 Å². The number of aryl methyl sites for hydroxylation is 1. The molecule has 0 amide bonds. The van der Waals surface area contributed by atoms with E-state index in [1.807, 2.05) is 73.7 Å². The predicted molar refractivity (Wildman–Crippen MR) is 124 cm³/mol. The summed E-state index contributed by atoms with van der Waals surface area (Å²) in [4.78, 5) is 4.59. The molecular formula is C28H19F2NO. The van der Waals surface area contributed by atoms with Crippen LogP contribution in [-0.2, 0) is 0 Å². The van der Waals surface area contributed by atoms with Crippen molar-refractivity contribution < 1.29 is 13.5 Å². The minimum absolute atomic E-state index is 0.300. The highest BCUT2D eigenvalue weighted by Gasteiger charge is 2.11. The van der Waals surface area contributed by atoms with Gasteiger partial charge in [-0.25, -0.2) is 13.8 Å². The van der Waals surface area contributed by atoms with Crippen LogP contribution in [0.3, 0.4) is 0 Å². The SMILES string of the molecule is Cc1cc(-c2ccc(-c3ccc(Oc4ccccc4)cc3)c(F)c2)nc2ccc(F)cc12. The molecule has 32 heavy (non-hydrogen) atoms. The highest BCUT2D eigenvalue weighted by atomic mass is 19.1. The Balaban J connectivity index is 1.43. The van der Waals surface area contributed by atoms with Gasteiger partial charge in [0.15, 0.2) is 0 Å². The standard InChI is InChI=1S/C28H19F2NO/c1-18-15-28(31-27-14-10-21(29)17-25(18)27)20-9-13-24(26(30)16-20)19-7-11-23(12-8-19)32-22-5-3-2-4-6-22/h2-17H,1H3. The van der Waals surface area contributed by atoms with Crippen LogP contribution in [0.4, 0.5) is 8.78 Å². The molecule has 0 saturated carbocycles. The van der Waals surface area contributed by atoms with Crippen LogP contribution in [0, 0.1) is 18.6 Å². The van der Waals surface area contributed by atoms with E-state index in [9.17, 15) is 4.39 Å². The third kappa shape index (κ3) is 3.95. The molecule has 0 radical (unpaired) electrons. The molecule has 0 atom stereocenters. The lowest BCUT2D eigenvalue weighted by molar-refractivity contribution is 0.483. The Labute approximate surface area is 184 Å². The normalized spacial score (nSPS) is 11.0. The van der Waals surface area contributed by atoms with Crippen molar-refractivity contribution in [3.8, 4) is 33.9 Å². The van der Waals surface area contributed by atoms with Crippen molar-refractivity contribution in [1.82, 2.24) is 4.98 Å². The van der Waals surface area contributed by atoms with Crippen LogP contribution in [0.15, 0.2) is 97.1 Å². The molecule has 5 rings (SSSR count). The van der Waals surface area contributed by atoms with E-state index in [1.165, 1.54) is 18.2 Å². The van der Waals surface area contributed by atoms with Gasteiger partial charge in [-0.1, -0.05) is 42.5 Å². The average molecular weight is 423 g/mol. The van der Waals surface area contributed by atoms with Crippen molar-refractivity contribution in [3.05, 3.63) is 114 Å². The van der Waals surface area contributed by atoms with Gasteiger partial charge in [0, 0.05) is 16.5 Å². The minimum Gasteiger partial charge on any atom is -0.457 e. The number of hydrogen-bond acceptors (Lipinski definition) is 2. The maximum Gasteiger partial charge on any atom is 0.131 e. The molecule has 0 spiro atoms. The maximum absolute atomic E-state index is 15.0. The second kappa shape index (κ2) is 8.23. The lowest BCUT2D eigenvalue weighted by Crippen LogP contribution is -1.92. The van der Waals surface area contributed by atoms with Crippen LogP contribution in [0.5, 0.6) is 11.5 Å². The van der Waals surface area contributed by atoms with Crippen molar-refractivity contribution in [2.75, 3.05) is 0 Å². The third-order valence-corrected chi connectivity index (χ3v) is 5.39. The van der Waals surface area contributed by atoms with Crippen molar-refractivity contribution in [2.24, 2.45) is 0 Å². The summed E-state index contributed by atoms with van der Waals surface area (Å²) in [6.45, 7) is 1.90. The summed E-state index contributed by atoms with van der Waals surface area (Å²) in [5, 5.41) is 0.753. The second-order valence-corrected chi connectivity index (χ2v) is 7.62. The van der Waals surface area contributed by atoms with Crippen molar-refractivity contribution in [3.63, 3.8) is 0 Å². The fraction of sp³-hybridized carbons (Fsp3) is 0.0357. The quantitative estimate of drug-likeness (QED) is 0.293. The summed E-state index contributed by atoms with van der Waals surface area (Å²) in [6.07, 6.45) is 0. The zero-order valence-corrected chi connectivity index (χ0v) is 17.3. The average Bonchev–Trinajstić information content (AvgIpc) is 2.81. The van der Waals surface area contributed by atoms with E-state index in [-0.39, 0.29) is 11.6 Å². The zero-order valence-electron chi connectivity index (χ0n) is 17.3. The largest absolute Gasteiger partial charge is 0.457 e. The van der Waals surface area contributed by atoms with E-state index in [1.54, 1.807) is 12.1 Å². The number of ether oxygens (including phenoxy) is 1. The molecule has 0 N–H and O–H groups in total. The van der Waals surface area contributed by atoms with Crippen LogP contribution in [0.2, 0.25) is 0 Å². The van der Waals surface area contributed by atoms with Gasteiger partial charge in [-0.05, 0) is 72.6 Å². The molecule has 0 aliphatic carbocycles. The van der Waals surface area contributed by atoms with E-state index in [0.717, 1.165) is 22.3 Å². The lowest BCUT2D eigenvalue weighted by atomic mass is 10.00. The number of benzene rings is 4. The molecule has 0 bridgehead atoms. The summed E-state index contributed by atoms with van der Waals surface area (Å²) >= 11 is 0. The molecule has 1 aromatic heterocycles. The smallest absolute Gasteiger partial charge is 0.131 e. The monoisotopic (exact) mass is 423 g/mol. The lowest BCUT2D eigenvalue weighted by Gasteiger charge is -2.10. The van der Waals surface area contributed by atoms with Gasteiger partial charge in [0.1, 0.15) is 23.1 Å². The number of pyridine rings is 1. The van der Waals surface area contributed by atoms with Gasteiger partial charge in [-0.3, -0.25) is 0 Å². The number of aromatic nitrogens is 1. The van der Waals surface area contributed by atoms with Crippen LogP contribution >= 0.6 is 0 Å². The molecular weight excluding hydrogens is 404 g/mol. The van der Waals surface area contributed by atoms with E-state index in [2.05, 4.69) is 4.98 Å². The van der Waals surface area contributed by atoms with Gasteiger partial charge in [0.25, 0.3) is 0 Å². The fourth-order valence-corrected chi connectivity index (χ4v) is 3.75. The first kappa shape index (κ1) is 19.9. The molecule has 0 aliphatic heterocycles. The van der Waals surface area contributed by atoms with Gasteiger partial charge >= 0.3 is 0 Å². The first-order valence-electron chi connectivity index (χ1n) is 10.3. The first-order valence-corrected chi connectivity index (χ1v) is 10.3. The minimum atomic E-state index is -0.335. The number of halogens is 2.